The van der Waals surface area contributed by atoms with Crippen LogP contribution in [0.5, 0.6) is 0 Å². The average Bonchev–Trinajstić information content (AvgIpc) is 2.81. The van der Waals surface area contributed by atoms with Crippen molar-refractivity contribution < 1.29 is 14.1 Å². The van der Waals surface area contributed by atoms with E-state index in [2.05, 4.69) is 11.9 Å². The van der Waals surface area contributed by atoms with Crippen molar-refractivity contribution in [3.05, 3.63) is 35.8 Å². The number of hydrogen-bond acceptors (Lipinski definition) is 1. The van der Waals surface area contributed by atoms with Gasteiger partial charge in [-0.25, -0.2) is 4.39 Å². The van der Waals surface area contributed by atoms with Gasteiger partial charge in [0, 0.05) is 28.6 Å². The molecule has 3 rings (SSSR count). The molecule has 3 nitrogen and oxygen atoms in total. The summed E-state index contributed by atoms with van der Waals surface area (Å²) in [5, 5.41) is 0.694. The maximum absolute atomic E-state index is 13.3. The highest BCUT2D eigenvalue weighted by Gasteiger charge is 2.23. The number of nitrogens with one attached hydrogen (secondary N) is 2. The summed E-state index contributed by atoms with van der Waals surface area (Å²) in [7, 11) is 0. The minimum absolute atomic E-state index is 0.103. The highest BCUT2D eigenvalue weighted by molar-refractivity contribution is 6.08. The van der Waals surface area contributed by atoms with Crippen LogP contribution in [0.25, 0.3) is 10.9 Å². The van der Waals surface area contributed by atoms with Crippen molar-refractivity contribution in [2.75, 3.05) is 19.6 Å². The maximum Gasteiger partial charge on any atom is 0.219 e. The topological polar surface area (TPSA) is 37.3 Å². The lowest BCUT2D eigenvalue weighted by molar-refractivity contribution is -0.900. The molecule has 0 aliphatic carbocycles. The normalized spacial score (nSPS) is 23.1. The molecule has 0 radical (unpaired) electrons. The fourth-order valence-corrected chi connectivity index (χ4v) is 3.20. The third kappa shape index (κ3) is 2.61. The van der Waals surface area contributed by atoms with Crippen LogP contribution >= 0.6 is 0 Å². The molecule has 2 N–H and O–H groups in total. The summed E-state index contributed by atoms with van der Waals surface area (Å²) in [6.45, 7) is 4.87. The minimum atomic E-state index is -0.301. The first-order chi connectivity index (χ1) is 9.63. The zero-order chi connectivity index (χ0) is 14.1. The van der Waals surface area contributed by atoms with Crippen LogP contribution in [0.2, 0.25) is 0 Å². The second-order valence-corrected chi connectivity index (χ2v) is 5.94. The van der Waals surface area contributed by atoms with Crippen molar-refractivity contribution in [1.29, 1.82) is 0 Å². The summed E-state index contributed by atoms with van der Waals surface area (Å²) in [4.78, 5) is 16.8. The molecule has 0 spiro atoms. The Morgan fingerprint density at radius 1 is 1.50 bits per heavy atom. The van der Waals surface area contributed by atoms with Crippen molar-refractivity contribution >= 4 is 16.7 Å². The van der Waals surface area contributed by atoms with Crippen LogP contribution in [0.15, 0.2) is 24.4 Å². The van der Waals surface area contributed by atoms with Gasteiger partial charge >= 0.3 is 0 Å². The smallest absolute Gasteiger partial charge is 0.219 e. The van der Waals surface area contributed by atoms with Crippen molar-refractivity contribution in [3.63, 3.8) is 0 Å². The summed E-state index contributed by atoms with van der Waals surface area (Å²) in [6, 6.07) is 4.52. The Hall–Kier alpha value is -1.68. The molecule has 2 heterocycles. The van der Waals surface area contributed by atoms with Gasteiger partial charge in [-0.2, -0.15) is 0 Å². The van der Waals surface area contributed by atoms with Crippen LogP contribution in [0, 0.1) is 11.7 Å². The summed E-state index contributed by atoms with van der Waals surface area (Å²) in [5.74, 6) is 0.489. The van der Waals surface area contributed by atoms with Crippen LogP contribution < -0.4 is 4.90 Å². The lowest BCUT2D eigenvalue weighted by Gasteiger charge is -2.27. The molecular weight excluding hydrogens is 255 g/mol. The number of aromatic nitrogens is 1. The van der Waals surface area contributed by atoms with E-state index in [1.807, 2.05) is 0 Å². The third-order valence-electron chi connectivity index (χ3n) is 4.22. The highest BCUT2D eigenvalue weighted by atomic mass is 19.1. The van der Waals surface area contributed by atoms with Crippen molar-refractivity contribution in [2.24, 2.45) is 5.92 Å². The Kier molecular flexibility index (Phi) is 3.57. The zero-order valence-electron chi connectivity index (χ0n) is 11.7. The zero-order valence-corrected chi connectivity index (χ0v) is 11.7. The number of ketones is 1. The molecule has 1 fully saturated rings. The molecule has 1 unspecified atom stereocenters. The summed E-state index contributed by atoms with van der Waals surface area (Å²) < 4.78 is 13.3. The van der Waals surface area contributed by atoms with Crippen LogP contribution in [0.3, 0.4) is 0 Å². The number of rotatable bonds is 3. The van der Waals surface area contributed by atoms with E-state index in [4.69, 9.17) is 0 Å². The molecule has 1 aliphatic heterocycles. The molecule has 1 aliphatic rings. The van der Waals surface area contributed by atoms with Crippen LogP contribution in [0.4, 0.5) is 4.39 Å². The first kappa shape index (κ1) is 13.3. The van der Waals surface area contributed by atoms with E-state index in [9.17, 15) is 9.18 Å². The number of carbonyl (C=O) groups is 1. The second kappa shape index (κ2) is 5.37. The first-order valence-corrected chi connectivity index (χ1v) is 7.27. The summed E-state index contributed by atoms with van der Waals surface area (Å²) in [5.41, 5.74) is 1.43. The van der Waals surface area contributed by atoms with E-state index < -0.39 is 0 Å². The number of benzene rings is 1. The van der Waals surface area contributed by atoms with Gasteiger partial charge in [-0.05, 0) is 31.0 Å². The number of halogens is 1. The molecule has 1 saturated heterocycles. The number of fused-ring (bicyclic) bond motifs is 1. The fourth-order valence-electron chi connectivity index (χ4n) is 3.20. The average molecular weight is 275 g/mol. The lowest BCUT2D eigenvalue weighted by Crippen LogP contribution is -3.14. The molecule has 0 amide bonds. The lowest BCUT2D eigenvalue weighted by atomic mass is 9.99. The maximum atomic E-state index is 13.3. The molecule has 0 saturated carbocycles. The monoisotopic (exact) mass is 275 g/mol. The number of carbonyl (C=O) groups excluding carboxylic acids is 1. The van der Waals surface area contributed by atoms with E-state index in [0.717, 1.165) is 18.6 Å². The van der Waals surface area contributed by atoms with Gasteiger partial charge in [0.2, 0.25) is 5.78 Å². The van der Waals surface area contributed by atoms with E-state index >= 15 is 0 Å². The van der Waals surface area contributed by atoms with E-state index in [-0.39, 0.29) is 11.6 Å². The second-order valence-electron chi connectivity index (χ2n) is 5.94. The van der Waals surface area contributed by atoms with Gasteiger partial charge < -0.3 is 9.88 Å². The van der Waals surface area contributed by atoms with Crippen molar-refractivity contribution in [3.8, 4) is 0 Å². The van der Waals surface area contributed by atoms with Gasteiger partial charge in [0.15, 0.2) is 0 Å². The highest BCUT2D eigenvalue weighted by Crippen LogP contribution is 2.19. The van der Waals surface area contributed by atoms with Gasteiger partial charge in [-0.3, -0.25) is 4.79 Å². The minimum Gasteiger partial charge on any atom is -0.360 e. The van der Waals surface area contributed by atoms with Gasteiger partial charge in [-0.1, -0.05) is 6.92 Å². The number of hydrogen-bond donors (Lipinski definition) is 2. The fraction of sp³-hybridized carbons (Fsp3) is 0.438. The van der Waals surface area contributed by atoms with E-state index in [1.165, 1.54) is 29.9 Å². The molecule has 1 aromatic heterocycles. The third-order valence-corrected chi connectivity index (χ3v) is 4.22. The molecule has 2 aromatic rings. The molecule has 0 bridgehead atoms. The van der Waals surface area contributed by atoms with Crippen LogP contribution in [-0.4, -0.2) is 30.4 Å². The number of quaternary nitrogens is 1. The van der Waals surface area contributed by atoms with E-state index in [1.54, 1.807) is 12.3 Å². The number of Topliss-reactive ketones (excluding diaryl/α,β-unsaturated/α-hetero) is 1. The quantitative estimate of drug-likeness (QED) is 0.824. The Bertz CT molecular complexity index is 634. The molecule has 2 atom stereocenters. The summed E-state index contributed by atoms with van der Waals surface area (Å²) >= 11 is 0. The summed E-state index contributed by atoms with van der Waals surface area (Å²) in [6.07, 6.45) is 4.15. The van der Waals surface area contributed by atoms with Gasteiger partial charge in [0.05, 0.1) is 13.1 Å². The van der Waals surface area contributed by atoms with Crippen molar-refractivity contribution in [1.82, 2.24) is 4.98 Å². The SMILES string of the molecule is C[C@H]1CCC[NH+](CC(=O)c2c[nH]c3ccc(F)cc23)C1. The molecule has 20 heavy (non-hydrogen) atoms. The van der Waals surface area contributed by atoms with Gasteiger partial charge in [0.1, 0.15) is 12.4 Å². The van der Waals surface area contributed by atoms with E-state index in [0.29, 0.717) is 23.4 Å². The van der Waals surface area contributed by atoms with Crippen molar-refractivity contribution in [2.45, 2.75) is 19.8 Å². The predicted molar refractivity (Wildman–Crippen MR) is 76.5 cm³/mol. The molecule has 106 valence electrons. The Balaban J connectivity index is 1.80. The Labute approximate surface area is 117 Å². The number of aromatic amines is 1. The standard InChI is InChI=1S/C16H19FN2O/c1-11-3-2-6-19(9-11)10-16(20)14-8-18-15-5-4-12(17)7-13(14)15/h4-5,7-8,11,18H,2-3,6,9-10H2,1H3/p+1/t11-/m0/s1. The van der Waals surface area contributed by atoms with Crippen LogP contribution in [-0.2, 0) is 0 Å². The Morgan fingerprint density at radius 2 is 2.35 bits per heavy atom. The predicted octanol–water partition coefficient (Wildman–Crippen LogP) is 1.80. The molecular formula is C16H20FN2O+. The first-order valence-electron chi connectivity index (χ1n) is 7.27. The number of H-pyrrole nitrogens is 1. The molecule has 4 heteroatoms. The molecule has 1 aromatic carbocycles. The Morgan fingerprint density at radius 3 is 3.15 bits per heavy atom. The largest absolute Gasteiger partial charge is 0.360 e. The van der Waals surface area contributed by atoms with Gasteiger partial charge in [0.25, 0.3) is 0 Å². The number of likely N-dealkylation sites (tertiary alicyclic amines) is 1. The van der Waals surface area contributed by atoms with Gasteiger partial charge in [-0.15, -0.1) is 0 Å². The number of piperidine rings is 1. The van der Waals surface area contributed by atoms with Crippen LogP contribution in [0.1, 0.15) is 30.1 Å².